The summed E-state index contributed by atoms with van der Waals surface area (Å²) >= 11 is 0. The smallest absolute Gasteiger partial charge is 0.312 e. The van der Waals surface area contributed by atoms with Crippen molar-refractivity contribution < 1.29 is 14.5 Å². The Hall–Kier alpha value is -2.45. The van der Waals surface area contributed by atoms with Crippen LogP contribution in [0.3, 0.4) is 0 Å². The molecule has 1 aromatic heterocycles. The minimum atomic E-state index is -0.451. The summed E-state index contributed by atoms with van der Waals surface area (Å²) in [6, 6.07) is 0. The number of hydrogen-bond acceptors (Lipinski definition) is 5. The molecule has 1 N–H and O–H groups in total. The van der Waals surface area contributed by atoms with Crippen LogP contribution in [0.15, 0.2) is 0 Å². The first-order valence-electron chi connectivity index (χ1n) is 8.13. The normalized spacial score (nSPS) is 14.2. The first-order chi connectivity index (χ1) is 11.4. The zero-order chi connectivity index (χ0) is 17.7. The highest BCUT2D eigenvalue weighted by atomic mass is 16.6. The second-order valence-electron chi connectivity index (χ2n) is 5.94. The topological polar surface area (TPSA) is 110 Å². The molecule has 0 aromatic carbocycles. The van der Waals surface area contributed by atoms with Gasteiger partial charge in [-0.05, 0) is 26.7 Å². The van der Waals surface area contributed by atoms with E-state index in [-0.39, 0.29) is 23.9 Å². The summed E-state index contributed by atoms with van der Waals surface area (Å²) in [5, 5.41) is 17.9. The van der Waals surface area contributed by atoms with Crippen LogP contribution in [-0.4, -0.2) is 51.1 Å². The number of rotatable bonds is 8. The quantitative estimate of drug-likeness (QED) is 0.431. The van der Waals surface area contributed by atoms with E-state index in [0.717, 1.165) is 19.4 Å². The summed E-state index contributed by atoms with van der Waals surface area (Å²) < 4.78 is 1.50. The maximum absolute atomic E-state index is 11.8. The molecule has 1 aliphatic heterocycles. The fourth-order valence-electron chi connectivity index (χ4n) is 2.90. The van der Waals surface area contributed by atoms with Crippen LogP contribution in [0.2, 0.25) is 0 Å². The molecule has 1 saturated heterocycles. The first-order valence-corrected chi connectivity index (χ1v) is 8.13. The van der Waals surface area contributed by atoms with Gasteiger partial charge in [0.05, 0.1) is 11.5 Å². The predicted molar refractivity (Wildman–Crippen MR) is 86.4 cm³/mol. The van der Waals surface area contributed by atoms with Crippen LogP contribution in [0.1, 0.15) is 37.1 Å². The van der Waals surface area contributed by atoms with Crippen LogP contribution in [0, 0.1) is 24.0 Å². The number of likely N-dealkylation sites (tertiary alicyclic amines) is 1. The Bertz CT molecular complexity index is 640. The lowest BCUT2D eigenvalue weighted by Gasteiger charge is -2.15. The van der Waals surface area contributed by atoms with Crippen molar-refractivity contribution >= 4 is 17.5 Å². The average molecular weight is 337 g/mol. The largest absolute Gasteiger partial charge is 0.356 e. The van der Waals surface area contributed by atoms with E-state index in [4.69, 9.17) is 0 Å². The van der Waals surface area contributed by atoms with Gasteiger partial charge in [0, 0.05) is 32.5 Å². The first kappa shape index (κ1) is 17.9. The minimum absolute atomic E-state index is 0.00527. The van der Waals surface area contributed by atoms with Gasteiger partial charge in [0.1, 0.15) is 11.4 Å². The molecule has 0 atom stereocenters. The molecule has 0 unspecified atom stereocenters. The molecule has 0 aliphatic carbocycles. The van der Waals surface area contributed by atoms with Crippen LogP contribution in [0.25, 0.3) is 0 Å². The molecule has 9 nitrogen and oxygen atoms in total. The Labute approximate surface area is 140 Å². The number of aromatic nitrogens is 2. The van der Waals surface area contributed by atoms with Gasteiger partial charge in [-0.2, -0.15) is 5.10 Å². The number of carbonyl (C=O) groups is 2. The van der Waals surface area contributed by atoms with Crippen molar-refractivity contribution in [3.8, 4) is 0 Å². The van der Waals surface area contributed by atoms with Gasteiger partial charge in [0.25, 0.3) is 0 Å². The second-order valence-corrected chi connectivity index (χ2v) is 5.94. The zero-order valence-corrected chi connectivity index (χ0v) is 14.1. The molecular weight excluding hydrogens is 314 g/mol. The van der Waals surface area contributed by atoms with Crippen molar-refractivity contribution in [2.75, 3.05) is 19.6 Å². The molecule has 0 saturated carbocycles. The maximum Gasteiger partial charge on any atom is 0.312 e. The molecule has 2 amide bonds. The van der Waals surface area contributed by atoms with Gasteiger partial charge in [0.15, 0.2) is 0 Å². The fraction of sp³-hybridized carbons (Fsp3) is 0.667. The van der Waals surface area contributed by atoms with E-state index in [2.05, 4.69) is 10.4 Å². The highest BCUT2D eigenvalue weighted by Gasteiger charge is 2.22. The molecule has 1 aromatic rings. The van der Waals surface area contributed by atoms with E-state index in [1.165, 1.54) is 4.68 Å². The van der Waals surface area contributed by atoms with Crippen molar-refractivity contribution in [2.45, 2.75) is 46.1 Å². The van der Waals surface area contributed by atoms with E-state index >= 15 is 0 Å². The van der Waals surface area contributed by atoms with Crippen molar-refractivity contribution in [3.05, 3.63) is 21.5 Å². The monoisotopic (exact) mass is 337 g/mol. The lowest BCUT2D eigenvalue weighted by Crippen LogP contribution is -2.31. The fourth-order valence-corrected chi connectivity index (χ4v) is 2.90. The molecule has 9 heteroatoms. The Morgan fingerprint density at radius 2 is 2.12 bits per heavy atom. The van der Waals surface area contributed by atoms with E-state index in [0.29, 0.717) is 37.4 Å². The second kappa shape index (κ2) is 7.89. The van der Waals surface area contributed by atoms with E-state index in [9.17, 15) is 19.7 Å². The lowest BCUT2D eigenvalue weighted by molar-refractivity contribution is -0.386. The highest BCUT2D eigenvalue weighted by Crippen LogP contribution is 2.21. The third kappa shape index (κ3) is 4.30. The third-order valence-corrected chi connectivity index (χ3v) is 4.17. The van der Waals surface area contributed by atoms with Crippen molar-refractivity contribution in [1.82, 2.24) is 20.0 Å². The number of nitrogens with one attached hydrogen (secondary N) is 1. The number of carbonyl (C=O) groups excluding carboxylic acids is 2. The summed E-state index contributed by atoms with van der Waals surface area (Å²) in [6.07, 6.45) is 2.48. The third-order valence-electron chi connectivity index (χ3n) is 4.17. The predicted octanol–water partition coefficient (Wildman–Crippen LogP) is 0.927. The van der Waals surface area contributed by atoms with Gasteiger partial charge in [-0.1, -0.05) is 0 Å². The van der Waals surface area contributed by atoms with Gasteiger partial charge >= 0.3 is 5.69 Å². The molecule has 24 heavy (non-hydrogen) atoms. The Balaban J connectivity index is 1.71. The van der Waals surface area contributed by atoms with Crippen molar-refractivity contribution in [2.24, 2.45) is 0 Å². The van der Waals surface area contributed by atoms with Crippen LogP contribution >= 0.6 is 0 Å². The molecule has 1 fully saturated rings. The lowest BCUT2D eigenvalue weighted by atomic mass is 10.3. The summed E-state index contributed by atoms with van der Waals surface area (Å²) in [7, 11) is 0. The van der Waals surface area contributed by atoms with E-state index in [1.807, 2.05) is 4.90 Å². The highest BCUT2D eigenvalue weighted by molar-refractivity contribution is 5.78. The van der Waals surface area contributed by atoms with Gasteiger partial charge < -0.3 is 10.2 Å². The SMILES string of the molecule is Cc1nn(CCC(=O)NCCCN2CCCC2=O)c(C)c1[N+](=O)[O-]. The molecule has 1 aliphatic rings. The van der Waals surface area contributed by atoms with Crippen LogP contribution in [0.5, 0.6) is 0 Å². The molecule has 2 heterocycles. The summed E-state index contributed by atoms with van der Waals surface area (Å²) in [5.41, 5.74) is 0.816. The van der Waals surface area contributed by atoms with Gasteiger partial charge in [0.2, 0.25) is 11.8 Å². The average Bonchev–Trinajstić information content (AvgIpc) is 3.04. The number of hydrogen-bond donors (Lipinski definition) is 1. The summed E-state index contributed by atoms with van der Waals surface area (Å²) in [5.74, 6) is 0.0606. The summed E-state index contributed by atoms with van der Waals surface area (Å²) in [6.45, 7) is 5.51. The molecule has 0 radical (unpaired) electrons. The van der Waals surface area contributed by atoms with Gasteiger partial charge in [-0.3, -0.25) is 24.4 Å². The Morgan fingerprint density at radius 1 is 1.38 bits per heavy atom. The molecule has 0 bridgehead atoms. The Kier molecular flexibility index (Phi) is 5.88. The van der Waals surface area contributed by atoms with Gasteiger partial charge in [-0.25, -0.2) is 0 Å². The van der Waals surface area contributed by atoms with E-state index < -0.39 is 4.92 Å². The molecule has 0 spiro atoms. The summed E-state index contributed by atoms with van der Waals surface area (Å²) in [4.78, 5) is 35.6. The zero-order valence-electron chi connectivity index (χ0n) is 14.1. The number of nitrogens with zero attached hydrogens (tertiary/aromatic N) is 4. The maximum atomic E-state index is 11.8. The minimum Gasteiger partial charge on any atom is -0.356 e. The van der Waals surface area contributed by atoms with Crippen LogP contribution in [-0.2, 0) is 16.1 Å². The van der Waals surface area contributed by atoms with E-state index in [1.54, 1.807) is 13.8 Å². The Morgan fingerprint density at radius 3 is 2.71 bits per heavy atom. The number of nitro groups is 1. The molecular formula is C15H23N5O4. The standard InChI is InChI=1S/C15H23N5O4/c1-11-15(20(23)24)12(2)19(17-11)10-6-13(21)16-7-4-9-18-8-3-5-14(18)22/h3-10H2,1-2H3,(H,16,21). The number of amides is 2. The molecule has 132 valence electrons. The number of aryl methyl sites for hydroxylation is 2. The van der Waals surface area contributed by atoms with Crippen molar-refractivity contribution in [3.63, 3.8) is 0 Å². The van der Waals surface area contributed by atoms with Crippen molar-refractivity contribution in [1.29, 1.82) is 0 Å². The van der Waals surface area contributed by atoms with Crippen LogP contribution in [0.4, 0.5) is 5.69 Å². The van der Waals surface area contributed by atoms with Crippen LogP contribution < -0.4 is 5.32 Å². The molecule has 2 rings (SSSR count). The van der Waals surface area contributed by atoms with Gasteiger partial charge in [-0.15, -0.1) is 0 Å².